The normalized spacial score (nSPS) is 12.0. The summed E-state index contributed by atoms with van der Waals surface area (Å²) in [4.78, 5) is 10.9. The lowest BCUT2D eigenvalue weighted by atomic mass is 10.1. The molecule has 0 fully saturated rings. The first-order chi connectivity index (χ1) is 10.8. The van der Waals surface area contributed by atoms with Crippen LogP contribution in [0.2, 0.25) is 0 Å². The summed E-state index contributed by atoms with van der Waals surface area (Å²) in [6.07, 6.45) is 0.265. The summed E-state index contributed by atoms with van der Waals surface area (Å²) in [7, 11) is 0. The number of halogens is 3. The van der Waals surface area contributed by atoms with E-state index in [2.05, 4.69) is 67.8 Å². The topological polar surface area (TPSA) is 92.8 Å². The molecule has 0 saturated carbocycles. The van der Waals surface area contributed by atoms with Crippen LogP contribution in [0.4, 0.5) is 0 Å². The predicted octanol–water partition coefficient (Wildman–Crippen LogP) is 3.95. The van der Waals surface area contributed by atoms with Crippen molar-refractivity contribution in [1.29, 1.82) is 0 Å². The van der Waals surface area contributed by atoms with Gasteiger partial charge in [-0.05, 0) is 110 Å². The number of aliphatic carboxylic acids is 1. The average Bonchev–Trinajstić information content (AvgIpc) is 2.46. The first-order valence-corrected chi connectivity index (χ1v) is 9.64. The fraction of sp³-hybridized carbons (Fsp3) is 0.133. The van der Waals surface area contributed by atoms with Crippen LogP contribution in [0.5, 0.6) is 17.2 Å². The largest absolute Gasteiger partial charge is 0.508 e. The molecule has 0 saturated heterocycles. The Balaban J connectivity index is 2.27. The molecule has 0 bridgehead atoms. The van der Waals surface area contributed by atoms with Gasteiger partial charge in [0, 0.05) is 3.57 Å². The van der Waals surface area contributed by atoms with E-state index in [-0.39, 0.29) is 12.2 Å². The van der Waals surface area contributed by atoms with Crippen molar-refractivity contribution in [3.05, 3.63) is 46.6 Å². The third-order valence-corrected chi connectivity index (χ3v) is 5.68. The number of ether oxygens (including phenoxy) is 1. The standard InChI is InChI=1S/C15H12I3NO4/c16-9-6-14(23-13-2-1-8(20)5-11(13)18)10(17)3-7(9)4-12(19)15(21)22/h1-3,5-6,12,20H,4,19H2,(H,21,22)/t12-/m1/s1. The Hall–Kier alpha value is -0.340. The van der Waals surface area contributed by atoms with E-state index in [1.54, 1.807) is 18.2 Å². The molecular formula is C15H12I3NO4. The van der Waals surface area contributed by atoms with Gasteiger partial charge in [0.25, 0.3) is 0 Å². The Kier molecular flexibility index (Phi) is 6.74. The lowest BCUT2D eigenvalue weighted by Crippen LogP contribution is -2.32. The van der Waals surface area contributed by atoms with Crippen LogP contribution in [0, 0.1) is 10.7 Å². The molecule has 0 spiro atoms. The van der Waals surface area contributed by atoms with Crippen molar-refractivity contribution in [1.82, 2.24) is 0 Å². The quantitative estimate of drug-likeness (QED) is 0.427. The van der Waals surface area contributed by atoms with Crippen LogP contribution in [-0.2, 0) is 11.2 Å². The highest BCUT2D eigenvalue weighted by molar-refractivity contribution is 14.1. The van der Waals surface area contributed by atoms with Gasteiger partial charge in [-0.3, -0.25) is 4.79 Å². The maximum Gasteiger partial charge on any atom is 0.320 e. The lowest BCUT2D eigenvalue weighted by molar-refractivity contribution is -0.138. The molecule has 8 heteroatoms. The van der Waals surface area contributed by atoms with Crippen LogP contribution in [-0.4, -0.2) is 22.2 Å². The van der Waals surface area contributed by atoms with Gasteiger partial charge in [0.1, 0.15) is 23.3 Å². The lowest BCUT2D eigenvalue weighted by Gasteiger charge is -2.14. The van der Waals surface area contributed by atoms with Gasteiger partial charge < -0.3 is 20.7 Å². The molecule has 4 N–H and O–H groups in total. The first-order valence-electron chi connectivity index (χ1n) is 6.40. The molecule has 2 aromatic carbocycles. The number of rotatable bonds is 5. The number of carboxylic acid groups (broad SMARTS) is 1. The van der Waals surface area contributed by atoms with Gasteiger partial charge in [0.15, 0.2) is 0 Å². The van der Waals surface area contributed by atoms with Crippen LogP contribution in [0.15, 0.2) is 30.3 Å². The molecule has 0 unspecified atom stereocenters. The molecule has 0 aliphatic carbocycles. The fourth-order valence-corrected chi connectivity index (χ4v) is 3.73. The predicted molar refractivity (Wildman–Crippen MR) is 112 cm³/mol. The summed E-state index contributed by atoms with van der Waals surface area (Å²) in [5, 5.41) is 18.4. The highest BCUT2D eigenvalue weighted by Gasteiger charge is 2.16. The van der Waals surface area contributed by atoms with Crippen molar-refractivity contribution < 1.29 is 19.7 Å². The number of hydrogen-bond donors (Lipinski definition) is 3. The molecule has 122 valence electrons. The summed E-state index contributed by atoms with van der Waals surface area (Å²) >= 11 is 6.38. The van der Waals surface area contributed by atoms with E-state index in [0.29, 0.717) is 11.5 Å². The van der Waals surface area contributed by atoms with E-state index >= 15 is 0 Å². The molecule has 0 radical (unpaired) electrons. The summed E-state index contributed by atoms with van der Waals surface area (Å²) in [6.45, 7) is 0. The van der Waals surface area contributed by atoms with Crippen LogP contribution in [0.25, 0.3) is 0 Å². The fourth-order valence-electron chi connectivity index (χ4n) is 1.82. The maximum atomic E-state index is 10.9. The van der Waals surface area contributed by atoms with Gasteiger partial charge in [0.05, 0.1) is 7.14 Å². The summed E-state index contributed by atoms with van der Waals surface area (Å²) < 4.78 is 8.45. The molecule has 0 amide bonds. The van der Waals surface area contributed by atoms with Crippen molar-refractivity contribution in [2.45, 2.75) is 12.5 Å². The van der Waals surface area contributed by atoms with E-state index < -0.39 is 12.0 Å². The third-order valence-electron chi connectivity index (χ3n) is 2.99. The zero-order valence-electron chi connectivity index (χ0n) is 11.6. The van der Waals surface area contributed by atoms with Crippen molar-refractivity contribution in [3.63, 3.8) is 0 Å². The zero-order chi connectivity index (χ0) is 17.1. The van der Waals surface area contributed by atoms with Crippen molar-refractivity contribution >= 4 is 73.7 Å². The smallest absolute Gasteiger partial charge is 0.320 e. The molecule has 2 rings (SSSR count). The van der Waals surface area contributed by atoms with E-state index in [4.69, 9.17) is 15.6 Å². The number of phenolic OH excluding ortho intramolecular Hbond substituents is 1. The Labute approximate surface area is 174 Å². The summed E-state index contributed by atoms with van der Waals surface area (Å²) in [6, 6.07) is 7.70. The zero-order valence-corrected chi connectivity index (χ0v) is 18.1. The Morgan fingerprint density at radius 1 is 1.09 bits per heavy atom. The van der Waals surface area contributed by atoms with E-state index in [1.165, 1.54) is 0 Å². The minimum absolute atomic E-state index is 0.184. The van der Waals surface area contributed by atoms with E-state index in [9.17, 15) is 9.90 Å². The van der Waals surface area contributed by atoms with Crippen LogP contribution < -0.4 is 10.5 Å². The third kappa shape index (κ3) is 5.06. The second kappa shape index (κ2) is 8.16. The number of phenols is 1. The average molecular weight is 651 g/mol. The highest BCUT2D eigenvalue weighted by atomic mass is 127. The van der Waals surface area contributed by atoms with E-state index in [1.807, 2.05) is 12.1 Å². The Morgan fingerprint density at radius 2 is 1.74 bits per heavy atom. The SMILES string of the molecule is N[C@H](Cc1cc(I)c(Oc2ccc(O)cc2I)cc1I)C(=O)O. The summed E-state index contributed by atoms with van der Waals surface area (Å²) in [5.74, 6) is 0.483. The van der Waals surface area contributed by atoms with Crippen molar-refractivity contribution in [2.24, 2.45) is 5.73 Å². The minimum Gasteiger partial charge on any atom is -0.508 e. The van der Waals surface area contributed by atoms with Crippen molar-refractivity contribution in [3.8, 4) is 17.2 Å². The molecule has 23 heavy (non-hydrogen) atoms. The number of aromatic hydroxyl groups is 1. The molecule has 0 aliphatic heterocycles. The van der Waals surface area contributed by atoms with Crippen molar-refractivity contribution in [2.75, 3.05) is 0 Å². The van der Waals surface area contributed by atoms with Gasteiger partial charge >= 0.3 is 5.97 Å². The maximum absolute atomic E-state index is 10.9. The van der Waals surface area contributed by atoms with Gasteiger partial charge in [-0.1, -0.05) is 0 Å². The van der Waals surface area contributed by atoms with Gasteiger partial charge in [-0.25, -0.2) is 0 Å². The molecule has 2 aromatic rings. The molecule has 5 nitrogen and oxygen atoms in total. The molecular weight excluding hydrogens is 639 g/mol. The number of carboxylic acids is 1. The number of hydrogen-bond acceptors (Lipinski definition) is 4. The Bertz CT molecular complexity index is 752. The van der Waals surface area contributed by atoms with Crippen LogP contribution in [0.1, 0.15) is 5.56 Å². The first kappa shape index (κ1) is 19.0. The molecule has 0 aliphatic rings. The van der Waals surface area contributed by atoms with Gasteiger partial charge in [-0.15, -0.1) is 0 Å². The monoisotopic (exact) mass is 651 g/mol. The van der Waals surface area contributed by atoms with Gasteiger partial charge in [0.2, 0.25) is 0 Å². The Morgan fingerprint density at radius 3 is 2.35 bits per heavy atom. The minimum atomic E-state index is -1.02. The number of nitrogens with two attached hydrogens (primary N) is 1. The summed E-state index contributed by atoms with van der Waals surface area (Å²) in [5.41, 5.74) is 6.47. The second-order valence-electron chi connectivity index (χ2n) is 4.74. The number of carbonyl (C=O) groups is 1. The molecule has 0 aromatic heterocycles. The molecule has 0 heterocycles. The van der Waals surface area contributed by atoms with Crippen LogP contribution >= 0.6 is 67.8 Å². The molecule has 1 atom stereocenters. The second-order valence-corrected chi connectivity index (χ2v) is 8.23. The van der Waals surface area contributed by atoms with E-state index in [0.717, 1.165) is 16.3 Å². The van der Waals surface area contributed by atoms with Crippen LogP contribution in [0.3, 0.4) is 0 Å². The van der Waals surface area contributed by atoms with Gasteiger partial charge in [-0.2, -0.15) is 0 Å². The highest BCUT2D eigenvalue weighted by Crippen LogP contribution is 2.34. The number of benzene rings is 2.